The molecule has 0 saturated heterocycles. The summed E-state index contributed by atoms with van der Waals surface area (Å²) in [6.07, 6.45) is 5.37. The fraction of sp³-hybridized carbons (Fsp3) is 0.500. The quantitative estimate of drug-likeness (QED) is 0.751. The molecule has 1 aliphatic carbocycles. The molecule has 0 bridgehead atoms. The van der Waals surface area contributed by atoms with Gasteiger partial charge in [-0.1, -0.05) is 49.1 Å². The Bertz CT molecular complexity index is 1020. The molecule has 8 nitrogen and oxygen atoms in total. The number of fused-ring (bicyclic) bond motifs is 1. The smallest absolute Gasteiger partial charge is 0.272 e. The fourth-order valence-corrected chi connectivity index (χ4v) is 4.40. The highest BCUT2D eigenvalue weighted by Gasteiger charge is 2.46. The third kappa shape index (κ3) is 4.26. The fourth-order valence-electron chi connectivity index (χ4n) is 4.40. The van der Waals surface area contributed by atoms with Gasteiger partial charge in [0.2, 0.25) is 5.91 Å². The monoisotopic (exact) mass is 437 g/mol. The van der Waals surface area contributed by atoms with Gasteiger partial charge in [0, 0.05) is 25.7 Å². The summed E-state index contributed by atoms with van der Waals surface area (Å²) in [5.74, 6) is -0.842. The van der Waals surface area contributed by atoms with E-state index in [1.807, 2.05) is 31.2 Å². The van der Waals surface area contributed by atoms with E-state index in [0.717, 1.165) is 36.8 Å². The van der Waals surface area contributed by atoms with Crippen LogP contribution in [-0.4, -0.2) is 51.0 Å². The largest absolute Gasteiger partial charge is 0.351 e. The zero-order valence-corrected chi connectivity index (χ0v) is 19.0. The van der Waals surface area contributed by atoms with Crippen LogP contribution in [0.2, 0.25) is 0 Å². The van der Waals surface area contributed by atoms with Gasteiger partial charge in [0.1, 0.15) is 11.2 Å². The predicted octanol–water partition coefficient (Wildman–Crippen LogP) is 2.41. The van der Waals surface area contributed by atoms with Crippen molar-refractivity contribution in [2.24, 2.45) is 0 Å². The third-order valence-corrected chi connectivity index (χ3v) is 6.74. The van der Waals surface area contributed by atoms with Crippen LogP contribution in [0.1, 0.15) is 71.1 Å². The molecule has 0 radical (unpaired) electrons. The lowest BCUT2D eigenvalue weighted by atomic mass is 9.92. The van der Waals surface area contributed by atoms with Crippen LogP contribution in [0.4, 0.5) is 0 Å². The molecule has 4 rings (SSSR count). The van der Waals surface area contributed by atoms with Gasteiger partial charge in [0.05, 0.1) is 6.54 Å². The Morgan fingerprint density at radius 1 is 1.16 bits per heavy atom. The Labute approximate surface area is 188 Å². The zero-order valence-electron chi connectivity index (χ0n) is 19.0. The molecule has 32 heavy (non-hydrogen) atoms. The Hall–Kier alpha value is -3.16. The maximum absolute atomic E-state index is 13.2. The summed E-state index contributed by atoms with van der Waals surface area (Å²) in [5, 5.41) is 10.3. The van der Waals surface area contributed by atoms with E-state index in [9.17, 15) is 14.4 Å². The summed E-state index contributed by atoms with van der Waals surface area (Å²) in [6, 6.07) is 9.56. The highest BCUT2D eigenvalue weighted by Crippen LogP contribution is 2.27. The van der Waals surface area contributed by atoms with Crippen LogP contribution in [0.3, 0.4) is 0 Å². The zero-order chi connectivity index (χ0) is 22.9. The van der Waals surface area contributed by atoms with Crippen molar-refractivity contribution >= 4 is 17.7 Å². The number of hydrogen-bond donors (Lipinski definition) is 2. The van der Waals surface area contributed by atoms with Crippen molar-refractivity contribution in [1.82, 2.24) is 25.3 Å². The molecule has 2 aromatic rings. The minimum absolute atomic E-state index is 0.152. The Morgan fingerprint density at radius 2 is 1.84 bits per heavy atom. The van der Waals surface area contributed by atoms with Gasteiger partial charge in [-0.2, -0.15) is 5.10 Å². The van der Waals surface area contributed by atoms with Gasteiger partial charge in [-0.3, -0.25) is 19.1 Å². The number of carbonyl (C=O) groups is 3. The lowest BCUT2D eigenvalue weighted by molar-refractivity contribution is -0.133. The van der Waals surface area contributed by atoms with Crippen molar-refractivity contribution < 1.29 is 14.4 Å². The van der Waals surface area contributed by atoms with E-state index in [1.165, 1.54) is 22.1 Å². The van der Waals surface area contributed by atoms with Crippen LogP contribution >= 0.6 is 0 Å². The first kappa shape index (κ1) is 22.0. The lowest BCUT2D eigenvalue weighted by Crippen LogP contribution is -2.63. The average Bonchev–Trinajstić information content (AvgIpc) is 3.21. The first-order valence-corrected chi connectivity index (χ1v) is 11.3. The topological polar surface area (TPSA) is 96.3 Å². The predicted molar refractivity (Wildman–Crippen MR) is 120 cm³/mol. The normalized spacial score (nSPS) is 21.2. The van der Waals surface area contributed by atoms with E-state index >= 15 is 0 Å². The van der Waals surface area contributed by atoms with Gasteiger partial charge < -0.3 is 15.5 Å². The summed E-state index contributed by atoms with van der Waals surface area (Å²) >= 11 is 0. The average molecular weight is 438 g/mol. The van der Waals surface area contributed by atoms with Crippen LogP contribution in [0.15, 0.2) is 30.3 Å². The van der Waals surface area contributed by atoms with E-state index in [2.05, 4.69) is 15.7 Å². The molecule has 1 aliphatic heterocycles. The summed E-state index contributed by atoms with van der Waals surface area (Å²) < 4.78 is 1.49. The number of rotatable bonds is 5. The number of benzene rings is 1. The van der Waals surface area contributed by atoms with E-state index in [1.54, 1.807) is 14.0 Å². The second kappa shape index (κ2) is 8.76. The van der Waals surface area contributed by atoms with Crippen LogP contribution in [-0.2, 0) is 17.9 Å². The number of carbonyl (C=O) groups excluding carboxylic acids is 3. The molecule has 0 unspecified atom stereocenters. The van der Waals surface area contributed by atoms with Gasteiger partial charge in [-0.25, -0.2) is 0 Å². The van der Waals surface area contributed by atoms with Crippen LogP contribution < -0.4 is 10.6 Å². The van der Waals surface area contributed by atoms with E-state index < -0.39 is 5.54 Å². The minimum atomic E-state index is -1.07. The maximum atomic E-state index is 13.2. The third-order valence-electron chi connectivity index (χ3n) is 6.74. The summed E-state index contributed by atoms with van der Waals surface area (Å²) in [6.45, 7) is 4.34. The molecular formula is C24H31N5O3. The summed E-state index contributed by atoms with van der Waals surface area (Å²) in [5.41, 5.74) is 1.56. The van der Waals surface area contributed by atoms with Gasteiger partial charge in [0.15, 0.2) is 5.69 Å². The molecule has 1 aromatic heterocycles. The number of nitrogens with zero attached hydrogens (tertiary/aromatic N) is 3. The van der Waals surface area contributed by atoms with E-state index in [-0.39, 0.29) is 36.0 Å². The van der Waals surface area contributed by atoms with Crippen molar-refractivity contribution in [3.05, 3.63) is 52.8 Å². The maximum Gasteiger partial charge on any atom is 0.272 e. The van der Waals surface area contributed by atoms with Gasteiger partial charge >= 0.3 is 0 Å². The lowest BCUT2D eigenvalue weighted by Gasteiger charge is -2.41. The molecular weight excluding hydrogens is 406 g/mol. The Kier molecular flexibility index (Phi) is 6.04. The van der Waals surface area contributed by atoms with Crippen LogP contribution in [0.25, 0.3) is 0 Å². The van der Waals surface area contributed by atoms with Gasteiger partial charge in [-0.05, 0) is 32.3 Å². The first-order valence-electron chi connectivity index (χ1n) is 11.3. The van der Waals surface area contributed by atoms with E-state index in [4.69, 9.17) is 0 Å². The number of amides is 3. The van der Waals surface area contributed by atoms with Gasteiger partial charge in [-0.15, -0.1) is 0 Å². The van der Waals surface area contributed by atoms with Gasteiger partial charge in [0.25, 0.3) is 11.8 Å². The highest BCUT2D eigenvalue weighted by molar-refractivity contribution is 6.01. The number of aryl methyl sites for hydroxylation is 1. The molecule has 1 fully saturated rings. The molecule has 8 heteroatoms. The van der Waals surface area contributed by atoms with Crippen molar-refractivity contribution in [1.29, 1.82) is 0 Å². The highest BCUT2D eigenvalue weighted by atomic mass is 16.2. The molecule has 170 valence electrons. The number of nitrogens with one attached hydrogen (secondary N) is 2. The van der Waals surface area contributed by atoms with Crippen molar-refractivity contribution in [3.8, 4) is 0 Å². The summed E-state index contributed by atoms with van der Waals surface area (Å²) in [7, 11) is 1.64. The second-order valence-electron chi connectivity index (χ2n) is 9.19. The Balaban J connectivity index is 1.47. The van der Waals surface area contributed by atoms with Crippen LogP contribution in [0.5, 0.6) is 0 Å². The molecule has 3 amide bonds. The molecule has 2 N–H and O–H groups in total. The molecule has 0 spiro atoms. The SMILES string of the molecule is Cc1ccc(CNC(=O)c2cc3n(n2)C[C@@](C)(C(=O)NC2CCCCC2)N(C)C3=O)cc1. The van der Waals surface area contributed by atoms with E-state index in [0.29, 0.717) is 12.2 Å². The second-order valence-corrected chi connectivity index (χ2v) is 9.19. The standard InChI is InChI=1S/C24H31N5O3/c1-16-9-11-17(12-10-16)14-25-21(30)19-13-20-22(31)28(3)24(2,15-29(20)27-19)23(32)26-18-7-5-4-6-8-18/h9-13,18H,4-8,14-15H2,1-3H3,(H,25,30)(H,26,32)/t24-/m0/s1. The molecule has 1 atom stereocenters. The minimum Gasteiger partial charge on any atom is -0.351 e. The molecule has 2 aliphatic rings. The van der Waals surface area contributed by atoms with Crippen molar-refractivity contribution in [2.45, 2.75) is 70.6 Å². The molecule has 1 aromatic carbocycles. The molecule has 2 heterocycles. The first-order chi connectivity index (χ1) is 15.3. The Morgan fingerprint density at radius 3 is 2.53 bits per heavy atom. The van der Waals surface area contributed by atoms with Crippen LogP contribution in [0, 0.1) is 6.92 Å². The van der Waals surface area contributed by atoms with Crippen molar-refractivity contribution in [3.63, 3.8) is 0 Å². The summed E-state index contributed by atoms with van der Waals surface area (Å²) in [4.78, 5) is 40.3. The number of likely N-dealkylation sites (N-methyl/N-ethyl adjacent to an activating group) is 1. The number of aromatic nitrogens is 2. The van der Waals surface area contributed by atoms with Crippen molar-refractivity contribution in [2.75, 3.05) is 7.05 Å². The molecule has 1 saturated carbocycles. The number of hydrogen-bond acceptors (Lipinski definition) is 4.